The zero-order valence-corrected chi connectivity index (χ0v) is 13.9. The smallest absolute Gasteiger partial charge is 0.274 e. The van der Waals surface area contributed by atoms with E-state index in [1.165, 1.54) is 11.1 Å². The van der Waals surface area contributed by atoms with Crippen LogP contribution in [0, 0.1) is 0 Å². The Kier molecular flexibility index (Phi) is 4.48. The maximum atomic E-state index is 12.6. The molecule has 1 aromatic carbocycles. The minimum absolute atomic E-state index is 0.0684. The molecular weight excluding hydrogens is 290 g/mol. The topological polar surface area (TPSA) is 47.4 Å². The van der Waals surface area contributed by atoms with Gasteiger partial charge in [-0.25, -0.2) is 0 Å². The largest absolute Gasteiger partial charge is 0.371 e. The first kappa shape index (κ1) is 15.7. The number of ether oxygens (including phenoxy) is 1. The lowest BCUT2D eigenvalue weighted by molar-refractivity contribution is 0.0198. The van der Waals surface area contributed by atoms with E-state index in [-0.39, 0.29) is 18.1 Å². The van der Waals surface area contributed by atoms with E-state index in [9.17, 15) is 4.79 Å². The molecule has 1 aliphatic rings. The summed E-state index contributed by atoms with van der Waals surface area (Å²) < 4.78 is 7.68. The van der Waals surface area contributed by atoms with Crippen molar-refractivity contribution in [1.29, 1.82) is 0 Å². The Balaban J connectivity index is 1.71. The summed E-state index contributed by atoms with van der Waals surface area (Å²) in [4.78, 5) is 14.3. The molecule has 122 valence electrons. The number of nitrogens with zero attached hydrogens (tertiary/aromatic N) is 3. The molecule has 1 aliphatic heterocycles. The Morgan fingerprint density at radius 3 is 2.91 bits per heavy atom. The van der Waals surface area contributed by atoms with Gasteiger partial charge >= 0.3 is 0 Å². The Hall–Kier alpha value is -2.14. The zero-order chi connectivity index (χ0) is 16.4. The number of aromatic nitrogens is 2. The highest BCUT2D eigenvalue weighted by Crippen LogP contribution is 2.27. The molecule has 0 radical (unpaired) electrons. The van der Waals surface area contributed by atoms with E-state index >= 15 is 0 Å². The zero-order valence-electron chi connectivity index (χ0n) is 13.9. The number of likely N-dealkylation sites (N-methyl/N-ethyl adjacent to an activating group) is 1. The van der Waals surface area contributed by atoms with E-state index < -0.39 is 0 Å². The SMILES string of the molecule is CC(C)n1ccc(C(=O)N(C)C[C@H]2OCCc3ccccc32)n1. The van der Waals surface area contributed by atoms with Gasteiger partial charge in [0.2, 0.25) is 0 Å². The molecule has 5 nitrogen and oxygen atoms in total. The summed E-state index contributed by atoms with van der Waals surface area (Å²) in [5, 5.41) is 4.35. The number of benzene rings is 1. The first-order valence-corrected chi connectivity index (χ1v) is 8.06. The van der Waals surface area contributed by atoms with Crippen LogP contribution in [-0.4, -0.2) is 40.8 Å². The second-order valence-corrected chi connectivity index (χ2v) is 6.27. The van der Waals surface area contributed by atoms with Gasteiger partial charge < -0.3 is 9.64 Å². The highest BCUT2D eigenvalue weighted by Gasteiger charge is 2.24. The van der Waals surface area contributed by atoms with E-state index in [1.807, 2.05) is 26.1 Å². The third-order valence-electron chi connectivity index (χ3n) is 4.24. The molecule has 5 heteroatoms. The van der Waals surface area contributed by atoms with Crippen LogP contribution in [0.2, 0.25) is 0 Å². The summed E-state index contributed by atoms with van der Waals surface area (Å²) in [6, 6.07) is 10.3. The van der Waals surface area contributed by atoms with Crippen LogP contribution >= 0.6 is 0 Å². The summed E-state index contributed by atoms with van der Waals surface area (Å²) in [7, 11) is 1.80. The molecule has 0 unspecified atom stereocenters. The van der Waals surface area contributed by atoms with E-state index in [1.54, 1.807) is 22.7 Å². The van der Waals surface area contributed by atoms with Gasteiger partial charge in [-0.1, -0.05) is 24.3 Å². The first-order chi connectivity index (χ1) is 11.1. The van der Waals surface area contributed by atoms with Gasteiger partial charge in [0.25, 0.3) is 5.91 Å². The predicted molar refractivity (Wildman–Crippen MR) is 88.4 cm³/mol. The number of carbonyl (C=O) groups excluding carboxylic acids is 1. The summed E-state index contributed by atoms with van der Waals surface area (Å²) in [6.45, 7) is 5.31. The van der Waals surface area contributed by atoms with Gasteiger partial charge in [0.15, 0.2) is 0 Å². The molecule has 23 heavy (non-hydrogen) atoms. The second kappa shape index (κ2) is 6.54. The Morgan fingerprint density at radius 1 is 1.39 bits per heavy atom. The molecule has 0 aliphatic carbocycles. The molecular formula is C18H23N3O2. The monoisotopic (exact) mass is 313 g/mol. The lowest BCUT2D eigenvalue weighted by atomic mass is 9.97. The van der Waals surface area contributed by atoms with Crippen molar-refractivity contribution in [3.05, 3.63) is 53.3 Å². The maximum Gasteiger partial charge on any atom is 0.274 e. The van der Waals surface area contributed by atoms with Gasteiger partial charge in [0.1, 0.15) is 11.8 Å². The molecule has 0 saturated heterocycles. The third-order valence-corrected chi connectivity index (χ3v) is 4.24. The van der Waals surface area contributed by atoms with Crippen molar-refractivity contribution in [1.82, 2.24) is 14.7 Å². The van der Waals surface area contributed by atoms with Crippen LogP contribution in [0.1, 0.15) is 47.6 Å². The van der Waals surface area contributed by atoms with Crippen LogP contribution in [0.5, 0.6) is 0 Å². The summed E-state index contributed by atoms with van der Waals surface area (Å²) in [5.41, 5.74) is 2.98. The fourth-order valence-corrected chi connectivity index (χ4v) is 2.89. The molecule has 2 aromatic rings. The van der Waals surface area contributed by atoms with Gasteiger partial charge in [0.05, 0.1) is 13.2 Å². The van der Waals surface area contributed by atoms with Gasteiger partial charge in [-0.2, -0.15) is 5.10 Å². The highest BCUT2D eigenvalue weighted by atomic mass is 16.5. The van der Waals surface area contributed by atoms with Crippen molar-refractivity contribution in [2.45, 2.75) is 32.4 Å². The molecule has 0 spiro atoms. The van der Waals surface area contributed by atoms with Crippen molar-refractivity contribution in [3.63, 3.8) is 0 Å². The Morgan fingerprint density at radius 2 is 2.17 bits per heavy atom. The van der Waals surface area contributed by atoms with Crippen LogP contribution < -0.4 is 0 Å². The average Bonchev–Trinajstić information content (AvgIpc) is 3.04. The Labute approximate surface area is 136 Å². The molecule has 0 saturated carbocycles. The summed E-state index contributed by atoms with van der Waals surface area (Å²) in [5.74, 6) is -0.0731. The summed E-state index contributed by atoms with van der Waals surface area (Å²) >= 11 is 0. The maximum absolute atomic E-state index is 12.6. The van der Waals surface area contributed by atoms with Crippen LogP contribution in [0.15, 0.2) is 36.5 Å². The minimum atomic E-state index is -0.0731. The van der Waals surface area contributed by atoms with E-state index in [2.05, 4.69) is 23.3 Å². The van der Waals surface area contributed by atoms with Crippen LogP contribution in [0.3, 0.4) is 0 Å². The quantitative estimate of drug-likeness (QED) is 0.872. The van der Waals surface area contributed by atoms with Crippen molar-refractivity contribution in [2.75, 3.05) is 20.2 Å². The fourth-order valence-electron chi connectivity index (χ4n) is 2.89. The lowest BCUT2D eigenvalue weighted by Crippen LogP contribution is -2.34. The van der Waals surface area contributed by atoms with Crippen molar-refractivity contribution in [3.8, 4) is 0 Å². The second-order valence-electron chi connectivity index (χ2n) is 6.27. The normalized spacial score (nSPS) is 17.1. The molecule has 0 bridgehead atoms. The standard InChI is InChI=1S/C18H23N3O2/c1-13(2)21-10-8-16(19-21)18(22)20(3)12-17-15-7-5-4-6-14(15)9-11-23-17/h4-8,10,13,17H,9,11-12H2,1-3H3/t17-/m1/s1. The van der Waals surface area contributed by atoms with Gasteiger partial charge in [-0.05, 0) is 37.5 Å². The third kappa shape index (κ3) is 3.29. The number of fused-ring (bicyclic) bond motifs is 1. The number of amides is 1. The number of rotatable bonds is 4. The van der Waals surface area contributed by atoms with Crippen LogP contribution in [0.4, 0.5) is 0 Å². The lowest BCUT2D eigenvalue weighted by Gasteiger charge is -2.29. The van der Waals surface area contributed by atoms with E-state index in [0.29, 0.717) is 18.8 Å². The number of hydrogen-bond donors (Lipinski definition) is 0. The molecule has 3 rings (SSSR count). The first-order valence-electron chi connectivity index (χ1n) is 8.06. The predicted octanol–water partition coefficient (Wildman–Crippen LogP) is 2.85. The molecule has 1 amide bonds. The highest BCUT2D eigenvalue weighted by molar-refractivity contribution is 5.92. The fraction of sp³-hybridized carbons (Fsp3) is 0.444. The number of carbonyl (C=O) groups is 1. The van der Waals surface area contributed by atoms with Gasteiger partial charge in [-0.15, -0.1) is 0 Å². The Bertz CT molecular complexity index is 693. The molecule has 0 fully saturated rings. The van der Waals surface area contributed by atoms with Gasteiger partial charge in [0, 0.05) is 19.3 Å². The number of hydrogen-bond acceptors (Lipinski definition) is 3. The van der Waals surface area contributed by atoms with E-state index in [0.717, 1.165) is 6.42 Å². The molecule has 2 heterocycles. The van der Waals surface area contributed by atoms with Crippen molar-refractivity contribution < 1.29 is 9.53 Å². The van der Waals surface area contributed by atoms with Crippen LogP contribution in [0.25, 0.3) is 0 Å². The molecule has 1 atom stereocenters. The van der Waals surface area contributed by atoms with Crippen LogP contribution in [-0.2, 0) is 11.2 Å². The van der Waals surface area contributed by atoms with E-state index in [4.69, 9.17) is 4.74 Å². The van der Waals surface area contributed by atoms with Crippen molar-refractivity contribution >= 4 is 5.91 Å². The van der Waals surface area contributed by atoms with Gasteiger partial charge in [-0.3, -0.25) is 9.48 Å². The summed E-state index contributed by atoms with van der Waals surface area (Å²) in [6.07, 6.45) is 2.71. The average molecular weight is 313 g/mol. The molecule has 0 N–H and O–H groups in total. The minimum Gasteiger partial charge on any atom is -0.371 e. The van der Waals surface area contributed by atoms with Crippen molar-refractivity contribution in [2.24, 2.45) is 0 Å². The molecule has 1 aromatic heterocycles.